The molecule has 0 bridgehead atoms. The largest absolute Gasteiger partial charge is 0.446 e. The van der Waals surface area contributed by atoms with Crippen LogP contribution in [-0.2, 0) is 10.9 Å². The van der Waals surface area contributed by atoms with Gasteiger partial charge in [0, 0.05) is 57.0 Å². The molecule has 0 unspecified atom stereocenters. The number of anilines is 1. The molecule has 0 saturated carbocycles. The minimum absolute atomic E-state index is 0.0520. The van der Waals surface area contributed by atoms with Crippen LogP contribution in [0.5, 0.6) is 0 Å². The van der Waals surface area contributed by atoms with Gasteiger partial charge in [0.05, 0.1) is 21.3 Å². The lowest BCUT2D eigenvalue weighted by Gasteiger charge is -2.53. The number of amides is 2. The van der Waals surface area contributed by atoms with Crippen molar-refractivity contribution < 1.29 is 27.5 Å². The molecule has 2 aromatic rings. The van der Waals surface area contributed by atoms with Gasteiger partial charge in [0.1, 0.15) is 11.9 Å². The summed E-state index contributed by atoms with van der Waals surface area (Å²) in [5.41, 5.74) is -0.616. The van der Waals surface area contributed by atoms with Crippen molar-refractivity contribution in [2.45, 2.75) is 50.6 Å². The molecule has 1 N–H and O–H groups in total. The first-order valence-electron chi connectivity index (χ1n) is 11.8. The first-order valence-corrected chi connectivity index (χ1v) is 12.7. The summed E-state index contributed by atoms with van der Waals surface area (Å²) < 4.78 is 47.1. The van der Waals surface area contributed by atoms with Crippen LogP contribution in [0.1, 0.15) is 42.1 Å². The molecule has 3 saturated heterocycles. The van der Waals surface area contributed by atoms with E-state index in [1.807, 2.05) is 6.92 Å². The van der Waals surface area contributed by atoms with E-state index in [9.17, 15) is 22.8 Å². The standard InChI is InChI=1S/C23H28F3N5O3S/c1-13-17(29-6-3-7-29)11-31(13)22(33)34-14-4-8-30(9-5-14)18-10-16(23(24,25)26)20-19(28-18)15(12-35-20)21(32)27-2/h10,12-14,17H,3-9,11H2,1-2H3,(H,27,32)/t13-,17-/m0/s1. The first-order chi connectivity index (χ1) is 16.7. The number of likely N-dealkylation sites (tertiary alicyclic amines) is 2. The van der Waals surface area contributed by atoms with E-state index in [-0.39, 0.29) is 39.8 Å². The second kappa shape index (κ2) is 9.12. The third-order valence-electron chi connectivity index (χ3n) is 7.35. The second-order valence-corrected chi connectivity index (χ2v) is 10.2. The lowest BCUT2D eigenvalue weighted by molar-refractivity contribution is -0.136. The van der Waals surface area contributed by atoms with Gasteiger partial charge in [-0.2, -0.15) is 13.2 Å². The Kier molecular flexibility index (Phi) is 6.28. The second-order valence-electron chi connectivity index (χ2n) is 9.35. The summed E-state index contributed by atoms with van der Waals surface area (Å²) in [5.74, 6) is -0.303. The third-order valence-corrected chi connectivity index (χ3v) is 8.35. The van der Waals surface area contributed by atoms with Gasteiger partial charge in [-0.25, -0.2) is 9.78 Å². The maximum atomic E-state index is 13.8. The molecule has 8 nitrogen and oxygen atoms in total. The number of hydrogen-bond acceptors (Lipinski definition) is 7. The summed E-state index contributed by atoms with van der Waals surface area (Å²) in [4.78, 5) is 35.1. The number of ether oxygens (including phenoxy) is 1. The quantitative estimate of drug-likeness (QED) is 0.677. The summed E-state index contributed by atoms with van der Waals surface area (Å²) in [5, 5.41) is 3.86. The number of pyridine rings is 1. The van der Waals surface area contributed by atoms with Gasteiger partial charge >= 0.3 is 12.3 Å². The van der Waals surface area contributed by atoms with Crippen LogP contribution in [0.3, 0.4) is 0 Å². The first kappa shape index (κ1) is 24.1. The van der Waals surface area contributed by atoms with Crippen LogP contribution in [0.2, 0.25) is 0 Å². The van der Waals surface area contributed by atoms with E-state index in [2.05, 4.69) is 15.2 Å². The zero-order valence-corrected chi connectivity index (χ0v) is 20.4. The molecule has 0 radical (unpaired) electrons. The molecule has 0 spiro atoms. The fourth-order valence-corrected chi connectivity index (χ4v) is 6.02. The maximum Gasteiger partial charge on any atom is 0.417 e. The smallest absolute Gasteiger partial charge is 0.417 e. The summed E-state index contributed by atoms with van der Waals surface area (Å²) >= 11 is 0.864. The monoisotopic (exact) mass is 511 g/mol. The number of carbonyl (C=O) groups is 2. The highest BCUT2D eigenvalue weighted by Crippen LogP contribution is 2.40. The molecular weight excluding hydrogens is 483 g/mol. The lowest BCUT2D eigenvalue weighted by atomic mass is 9.94. The molecule has 2 atom stereocenters. The number of aromatic nitrogens is 1. The van der Waals surface area contributed by atoms with Crippen molar-refractivity contribution in [1.29, 1.82) is 0 Å². The number of thiophene rings is 1. The van der Waals surface area contributed by atoms with E-state index in [0.717, 1.165) is 30.5 Å². The van der Waals surface area contributed by atoms with Crippen molar-refractivity contribution >= 4 is 39.4 Å². The Labute approximate surface area is 205 Å². The predicted molar refractivity (Wildman–Crippen MR) is 126 cm³/mol. The number of hydrogen-bond donors (Lipinski definition) is 1. The van der Waals surface area contributed by atoms with E-state index in [0.29, 0.717) is 38.5 Å². The van der Waals surface area contributed by atoms with Crippen LogP contribution in [0.4, 0.5) is 23.8 Å². The van der Waals surface area contributed by atoms with Gasteiger partial charge in [-0.05, 0) is 32.5 Å². The topological polar surface area (TPSA) is 78.0 Å². The van der Waals surface area contributed by atoms with Crippen molar-refractivity contribution in [3.8, 4) is 0 Å². The highest BCUT2D eigenvalue weighted by atomic mass is 32.1. The number of fused-ring (bicyclic) bond motifs is 1. The fraction of sp³-hybridized carbons (Fsp3) is 0.609. The molecule has 0 aromatic carbocycles. The van der Waals surface area contributed by atoms with E-state index in [1.165, 1.54) is 18.8 Å². The van der Waals surface area contributed by atoms with Crippen molar-refractivity contribution in [3.63, 3.8) is 0 Å². The molecule has 3 fully saturated rings. The Morgan fingerprint density at radius 2 is 1.91 bits per heavy atom. The third kappa shape index (κ3) is 4.42. The normalized spacial score (nSPS) is 23.7. The van der Waals surface area contributed by atoms with E-state index in [1.54, 1.807) is 9.80 Å². The van der Waals surface area contributed by atoms with Crippen LogP contribution in [0, 0.1) is 0 Å². The Balaban J connectivity index is 1.26. The number of halogens is 3. The molecule has 2 aromatic heterocycles. The van der Waals surface area contributed by atoms with E-state index in [4.69, 9.17) is 4.74 Å². The minimum Gasteiger partial charge on any atom is -0.446 e. The van der Waals surface area contributed by atoms with Crippen LogP contribution >= 0.6 is 11.3 Å². The van der Waals surface area contributed by atoms with Gasteiger partial charge in [-0.1, -0.05) is 0 Å². The van der Waals surface area contributed by atoms with Gasteiger partial charge < -0.3 is 19.9 Å². The van der Waals surface area contributed by atoms with Gasteiger partial charge in [0.25, 0.3) is 5.91 Å². The highest BCUT2D eigenvalue weighted by Gasteiger charge is 2.45. The molecule has 35 heavy (non-hydrogen) atoms. The van der Waals surface area contributed by atoms with Gasteiger partial charge in [0.2, 0.25) is 0 Å². The van der Waals surface area contributed by atoms with Crippen LogP contribution in [0.25, 0.3) is 10.2 Å². The van der Waals surface area contributed by atoms with Crippen LogP contribution in [-0.4, -0.2) is 84.7 Å². The SMILES string of the molecule is CNC(=O)c1csc2c(C(F)(F)F)cc(N3CCC(OC(=O)N4C[C@H](N5CCC5)[C@@H]4C)CC3)nc12. The summed E-state index contributed by atoms with van der Waals surface area (Å²) in [6, 6.07) is 1.58. The number of nitrogens with zero attached hydrogens (tertiary/aromatic N) is 4. The van der Waals surface area contributed by atoms with Gasteiger partial charge in [-0.15, -0.1) is 11.3 Å². The summed E-state index contributed by atoms with van der Waals surface area (Å²) in [6.07, 6.45) is -2.98. The molecule has 190 valence electrons. The van der Waals surface area contributed by atoms with Crippen LogP contribution < -0.4 is 10.2 Å². The Morgan fingerprint density at radius 3 is 2.49 bits per heavy atom. The molecule has 5 rings (SSSR count). The minimum atomic E-state index is -4.57. The average Bonchev–Trinajstić information content (AvgIpc) is 3.22. The zero-order chi connectivity index (χ0) is 24.9. The number of alkyl halides is 3. The summed E-state index contributed by atoms with van der Waals surface area (Å²) in [7, 11) is 1.43. The highest BCUT2D eigenvalue weighted by molar-refractivity contribution is 7.17. The van der Waals surface area contributed by atoms with Crippen molar-refractivity contribution in [1.82, 2.24) is 20.1 Å². The van der Waals surface area contributed by atoms with Gasteiger partial charge in [0.15, 0.2) is 0 Å². The molecule has 12 heteroatoms. The lowest BCUT2D eigenvalue weighted by Crippen LogP contribution is -2.69. The molecule has 0 aliphatic carbocycles. The molecule has 5 heterocycles. The zero-order valence-electron chi connectivity index (χ0n) is 19.6. The molecule has 3 aliphatic rings. The fourth-order valence-electron chi connectivity index (χ4n) is 5.00. The average molecular weight is 512 g/mol. The molecular formula is C23H28F3N5O3S. The molecule has 3 aliphatic heterocycles. The Hall–Kier alpha value is -2.60. The number of nitrogens with one attached hydrogen (secondary N) is 1. The van der Waals surface area contributed by atoms with Crippen molar-refractivity contribution in [2.75, 3.05) is 44.7 Å². The Bertz CT molecular complexity index is 1130. The number of piperidine rings is 1. The van der Waals surface area contributed by atoms with E-state index >= 15 is 0 Å². The molecule has 2 amide bonds. The Morgan fingerprint density at radius 1 is 1.20 bits per heavy atom. The summed E-state index contributed by atoms with van der Waals surface area (Å²) in [6.45, 7) is 5.69. The van der Waals surface area contributed by atoms with Crippen LogP contribution in [0.15, 0.2) is 11.4 Å². The number of carbonyl (C=O) groups excluding carboxylic acids is 2. The predicted octanol–water partition coefficient (Wildman–Crippen LogP) is 3.56. The van der Waals surface area contributed by atoms with Crippen molar-refractivity contribution in [2.24, 2.45) is 0 Å². The van der Waals surface area contributed by atoms with E-state index < -0.39 is 17.6 Å². The van der Waals surface area contributed by atoms with Gasteiger partial charge in [-0.3, -0.25) is 9.69 Å². The van der Waals surface area contributed by atoms with Crippen molar-refractivity contribution in [3.05, 3.63) is 22.6 Å². The maximum absolute atomic E-state index is 13.8. The number of rotatable bonds is 4.